The van der Waals surface area contributed by atoms with Crippen molar-refractivity contribution in [1.29, 1.82) is 0 Å². The molecule has 0 aromatic heterocycles. The van der Waals surface area contributed by atoms with E-state index in [2.05, 4.69) is 6.58 Å². The van der Waals surface area contributed by atoms with E-state index in [1.807, 2.05) is 0 Å². The molecule has 116 valence electrons. The minimum atomic E-state index is -1.90. The first-order valence-electron chi connectivity index (χ1n) is 4.53. The Morgan fingerprint density at radius 2 is 1.00 bits per heavy atom. The second-order valence-electron chi connectivity index (χ2n) is 3.53. The molecule has 0 unspecified atom stereocenters. The maximum absolute atomic E-state index is 10.7. The molecule has 0 atom stereocenters. The number of nitrogens with zero attached hydrogens (tertiary/aromatic N) is 1. The quantitative estimate of drug-likeness (QED) is 0.183. The van der Waals surface area contributed by atoms with Crippen LogP contribution in [-0.2, 0) is 19.2 Å². The van der Waals surface area contributed by atoms with E-state index in [0.29, 0.717) is 0 Å². The van der Waals surface area contributed by atoms with Gasteiger partial charge in [-0.15, -0.1) is 0 Å². The average molecular weight is 374 g/mol. The molecule has 0 saturated heterocycles. The van der Waals surface area contributed by atoms with Gasteiger partial charge in [-0.05, 0) is 6.58 Å². The molecule has 0 radical (unpaired) electrons. The topological polar surface area (TPSA) is 187 Å². The SMILES string of the molecule is C=C(C(=O)[O-])[N+](CC(=O)O)(CC(=O)O)CC(=O)O.N.[NaH].[NaH].[NaH].[NaH]. The first-order chi connectivity index (χ1) is 8.10. The maximum atomic E-state index is 10.7. The number of carbonyl (C=O) groups is 4. The summed E-state index contributed by atoms with van der Waals surface area (Å²) in [4.78, 5) is 42.6. The Balaban J connectivity index is -0.000000144. The first kappa shape index (κ1) is 39.6. The molecule has 0 aliphatic rings. The Kier molecular flexibility index (Phi) is 31.5. The van der Waals surface area contributed by atoms with Crippen LogP contribution in [0.4, 0.5) is 0 Å². The summed E-state index contributed by atoms with van der Waals surface area (Å²) >= 11 is 0. The van der Waals surface area contributed by atoms with E-state index in [-0.39, 0.29) is 124 Å². The van der Waals surface area contributed by atoms with Crippen LogP contribution in [0.15, 0.2) is 12.3 Å². The van der Waals surface area contributed by atoms with Gasteiger partial charge in [0.15, 0.2) is 19.6 Å². The molecule has 0 aliphatic carbocycles. The third-order valence-corrected chi connectivity index (χ3v) is 2.12. The van der Waals surface area contributed by atoms with Gasteiger partial charge in [0, 0.05) is 0 Å². The first-order valence-corrected chi connectivity index (χ1v) is 4.53. The summed E-state index contributed by atoms with van der Waals surface area (Å²) in [6.07, 6.45) is 0. The number of carboxylic acid groups (broad SMARTS) is 4. The van der Waals surface area contributed by atoms with Crippen molar-refractivity contribution >= 4 is 142 Å². The molecule has 0 bridgehead atoms. The molecular formula is C9H18N2Na4O8. The number of rotatable bonds is 8. The van der Waals surface area contributed by atoms with Gasteiger partial charge >= 0.3 is 136 Å². The van der Waals surface area contributed by atoms with Crippen molar-refractivity contribution in [2.45, 2.75) is 0 Å². The molecule has 14 heteroatoms. The molecule has 23 heavy (non-hydrogen) atoms. The molecule has 0 fully saturated rings. The van der Waals surface area contributed by atoms with Crippen molar-refractivity contribution < 1.29 is 44.1 Å². The summed E-state index contributed by atoms with van der Waals surface area (Å²) in [6.45, 7) is -0.103. The zero-order chi connectivity index (χ0) is 14.5. The van der Waals surface area contributed by atoms with Crippen molar-refractivity contribution in [3.8, 4) is 0 Å². The molecule has 0 saturated carbocycles. The number of hydrogen-bond acceptors (Lipinski definition) is 6. The van der Waals surface area contributed by atoms with Gasteiger partial charge in [0.05, 0.1) is 0 Å². The molecule has 0 aromatic carbocycles. The van der Waals surface area contributed by atoms with Crippen molar-refractivity contribution in [2.24, 2.45) is 0 Å². The summed E-state index contributed by atoms with van der Waals surface area (Å²) < 4.78 is -1.34. The van der Waals surface area contributed by atoms with Gasteiger partial charge in [0.25, 0.3) is 0 Å². The molecule has 0 rings (SSSR count). The molecule has 10 nitrogen and oxygen atoms in total. The normalized spacial score (nSPS) is 8.35. The second-order valence-corrected chi connectivity index (χ2v) is 3.53. The number of quaternary nitrogens is 1. The standard InChI is InChI=1S/C9H11NO8.H3N.4Na.4H/c1-5(9(17)18)10(2-6(11)12,3-7(13)14)4-8(15)16;;;;;;;;;/h1-4H2,(H3-,11,12,13,14,15,16,17,18);1H3;;;;;;;;. The number of carbonyl (C=O) groups excluding carboxylic acids is 1. The van der Waals surface area contributed by atoms with Gasteiger partial charge in [-0.2, -0.15) is 0 Å². The fourth-order valence-corrected chi connectivity index (χ4v) is 1.42. The summed E-state index contributed by atoms with van der Waals surface area (Å²) in [5.74, 6) is -6.57. The van der Waals surface area contributed by atoms with Crippen LogP contribution in [0.2, 0.25) is 0 Å². The zero-order valence-electron chi connectivity index (χ0n) is 9.87. The molecule has 0 aliphatic heterocycles. The average Bonchev–Trinajstić information content (AvgIpc) is 2.12. The van der Waals surface area contributed by atoms with Crippen molar-refractivity contribution in [3.05, 3.63) is 12.3 Å². The van der Waals surface area contributed by atoms with Gasteiger partial charge in [-0.25, -0.2) is 14.4 Å². The van der Waals surface area contributed by atoms with Crippen LogP contribution < -0.4 is 11.3 Å². The van der Waals surface area contributed by atoms with Crippen molar-refractivity contribution in [1.82, 2.24) is 6.15 Å². The number of hydrogen-bond donors (Lipinski definition) is 4. The summed E-state index contributed by atoms with van der Waals surface area (Å²) in [5.41, 5.74) is -0.915. The van der Waals surface area contributed by atoms with Gasteiger partial charge in [0.2, 0.25) is 0 Å². The van der Waals surface area contributed by atoms with Gasteiger partial charge in [0.1, 0.15) is 11.7 Å². The minimum absolute atomic E-state index is 0. The predicted octanol–water partition coefficient (Wildman–Crippen LogP) is -5.11. The van der Waals surface area contributed by atoms with Gasteiger partial charge < -0.3 is 31.4 Å². The van der Waals surface area contributed by atoms with E-state index in [4.69, 9.17) is 15.3 Å². The van der Waals surface area contributed by atoms with Crippen LogP contribution in [0.25, 0.3) is 0 Å². The van der Waals surface area contributed by atoms with Crippen LogP contribution in [0, 0.1) is 0 Å². The van der Waals surface area contributed by atoms with Crippen molar-refractivity contribution in [2.75, 3.05) is 19.6 Å². The van der Waals surface area contributed by atoms with Crippen molar-refractivity contribution in [3.63, 3.8) is 0 Å². The number of aliphatic carboxylic acids is 4. The third kappa shape index (κ3) is 15.5. The van der Waals surface area contributed by atoms with Gasteiger partial charge in [-0.3, -0.25) is 4.48 Å². The number of carboxylic acids is 4. The summed E-state index contributed by atoms with van der Waals surface area (Å²) in [6, 6.07) is 0. The Morgan fingerprint density at radius 3 is 1.13 bits per heavy atom. The molecule has 0 heterocycles. The third-order valence-electron chi connectivity index (χ3n) is 2.12. The fraction of sp³-hybridized carbons (Fsp3) is 0.333. The van der Waals surface area contributed by atoms with Crippen LogP contribution in [0.1, 0.15) is 0 Å². The van der Waals surface area contributed by atoms with E-state index in [1.54, 1.807) is 0 Å². The molecule has 0 aromatic rings. The summed E-state index contributed by atoms with van der Waals surface area (Å²) in [5, 5.41) is 36.6. The van der Waals surface area contributed by atoms with Gasteiger partial charge in [-0.1, -0.05) is 0 Å². The summed E-state index contributed by atoms with van der Waals surface area (Å²) in [7, 11) is 0. The Labute approximate surface area is 221 Å². The Hall–Kier alpha value is 1.54. The fourth-order valence-electron chi connectivity index (χ4n) is 1.42. The predicted molar refractivity (Wildman–Crippen MR) is 85.5 cm³/mol. The second kappa shape index (κ2) is 18.3. The van der Waals surface area contributed by atoms with E-state index in [0.717, 1.165) is 0 Å². The molecule has 0 spiro atoms. The Bertz CT molecular complexity index is 391. The Morgan fingerprint density at radius 1 is 0.783 bits per heavy atom. The van der Waals surface area contributed by atoms with Crippen LogP contribution in [0.5, 0.6) is 0 Å². The van der Waals surface area contributed by atoms with E-state index in [9.17, 15) is 24.3 Å². The van der Waals surface area contributed by atoms with E-state index >= 15 is 0 Å². The van der Waals surface area contributed by atoms with E-state index < -0.39 is 53.7 Å². The zero-order valence-corrected chi connectivity index (χ0v) is 9.87. The van der Waals surface area contributed by atoms with Crippen LogP contribution in [-0.4, -0.2) is 182 Å². The molecular weight excluding hydrogens is 356 g/mol. The van der Waals surface area contributed by atoms with Crippen LogP contribution in [0.3, 0.4) is 0 Å². The molecule has 6 N–H and O–H groups in total. The van der Waals surface area contributed by atoms with Crippen LogP contribution >= 0.6 is 0 Å². The van der Waals surface area contributed by atoms with E-state index in [1.165, 1.54) is 0 Å². The monoisotopic (exact) mass is 374 g/mol. The molecule has 0 amide bonds.